The molecule has 0 bridgehead atoms. The van der Waals surface area contributed by atoms with E-state index in [0.29, 0.717) is 13.0 Å². The van der Waals surface area contributed by atoms with Crippen LogP contribution in [0.4, 0.5) is 0 Å². The van der Waals surface area contributed by atoms with Crippen molar-refractivity contribution in [3.63, 3.8) is 0 Å². The minimum atomic E-state index is 0. The van der Waals surface area contributed by atoms with E-state index in [0.717, 1.165) is 19.0 Å². The van der Waals surface area contributed by atoms with Crippen LogP contribution in [0.3, 0.4) is 0 Å². The molecule has 2 fully saturated rings. The molecule has 2 aliphatic rings. The molecule has 2 N–H and O–H groups in total. The number of hydrogen-bond donors (Lipinski definition) is 1. The molecule has 4 nitrogen and oxygen atoms in total. The third-order valence-corrected chi connectivity index (χ3v) is 4.04. The van der Waals surface area contributed by atoms with Gasteiger partial charge in [0.2, 0.25) is 5.91 Å². The third kappa shape index (κ3) is 5.86. The number of amides is 1. The van der Waals surface area contributed by atoms with Gasteiger partial charge < -0.3 is 15.5 Å². The van der Waals surface area contributed by atoms with Gasteiger partial charge in [-0.25, -0.2) is 0 Å². The predicted octanol–water partition coefficient (Wildman–Crippen LogP) is 1.51. The largest absolute Gasteiger partial charge is 0.343 e. The lowest BCUT2D eigenvalue weighted by molar-refractivity contribution is -0.132. The molecule has 1 amide bonds. The van der Waals surface area contributed by atoms with E-state index >= 15 is 0 Å². The summed E-state index contributed by atoms with van der Waals surface area (Å²) in [5.74, 6) is 1.04. The van der Waals surface area contributed by atoms with Gasteiger partial charge in [-0.15, -0.1) is 24.8 Å². The summed E-state index contributed by atoms with van der Waals surface area (Å²) in [7, 11) is 0. The smallest absolute Gasteiger partial charge is 0.223 e. The second kappa shape index (κ2) is 9.81. The maximum Gasteiger partial charge on any atom is 0.223 e. The Morgan fingerprint density at radius 2 is 1.63 bits per heavy atom. The van der Waals surface area contributed by atoms with Gasteiger partial charge in [-0.05, 0) is 44.7 Å². The highest BCUT2D eigenvalue weighted by atomic mass is 35.5. The number of hydrogen-bond acceptors (Lipinski definition) is 3. The SMILES string of the molecule is Cl.Cl.NCCC(=O)N1CCC(CN2CCCC2)CC1. The Kier molecular flexibility index (Phi) is 9.79. The normalized spacial score (nSPS) is 20.8. The van der Waals surface area contributed by atoms with Crippen LogP contribution in [-0.2, 0) is 4.79 Å². The number of rotatable bonds is 4. The van der Waals surface area contributed by atoms with Crippen molar-refractivity contribution in [3.8, 4) is 0 Å². The maximum absolute atomic E-state index is 11.7. The molecule has 19 heavy (non-hydrogen) atoms. The number of carbonyl (C=O) groups is 1. The van der Waals surface area contributed by atoms with E-state index in [4.69, 9.17) is 5.73 Å². The molecule has 0 aliphatic carbocycles. The topological polar surface area (TPSA) is 49.6 Å². The first-order valence-corrected chi connectivity index (χ1v) is 7.00. The molecule has 2 heterocycles. The number of nitrogens with two attached hydrogens (primary N) is 1. The van der Waals surface area contributed by atoms with E-state index < -0.39 is 0 Å². The second-order valence-electron chi connectivity index (χ2n) is 5.37. The Hall–Kier alpha value is -0.0300. The van der Waals surface area contributed by atoms with Gasteiger partial charge in [-0.1, -0.05) is 0 Å². The Bertz CT molecular complexity index is 252. The van der Waals surface area contributed by atoms with Gasteiger partial charge in [0.05, 0.1) is 0 Å². The number of piperidine rings is 1. The van der Waals surface area contributed by atoms with E-state index in [1.54, 1.807) is 0 Å². The molecule has 0 radical (unpaired) electrons. The van der Waals surface area contributed by atoms with E-state index in [2.05, 4.69) is 4.90 Å². The van der Waals surface area contributed by atoms with Gasteiger partial charge in [0.1, 0.15) is 0 Å². The summed E-state index contributed by atoms with van der Waals surface area (Å²) < 4.78 is 0. The van der Waals surface area contributed by atoms with E-state index in [-0.39, 0.29) is 30.7 Å². The Labute approximate surface area is 128 Å². The van der Waals surface area contributed by atoms with Crippen LogP contribution in [0.25, 0.3) is 0 Å². The van der Waals surface area contributed by atoms with Crippen molar-refractivity contribution < 1.29 is 4.79 Å². The lowest BCUT2D eigenvalue weighted by Crippen LogP contribution is -2.41. The number of carbonyl (C=O) groups excluding carboxylic acids is 1. The van der Waals surface area contributed by atoms with Crippen molar-refractivity contribution in [3.05, 3.63) is 0 Å². The Morgan fingerprint density at radius 1 is 1.05 bits per heavy atom. The molecule has 2 aliphatic heterocycles. The standard InChI is InChI=1S/C13H25N3O.2ClH/c14-6-3-13(17)16-9-4-12(5-10-16)11-15-7-1-2-8-15;;/h12H,1-11,14H2;2*1H. The molecule has 114 valence electrons. The molecular formula is C13H27Cl2N3O. The predicted molar refractivity (Wildman–Crippen MR) is 83.1 cm³/mol. The summed E-state index contributed by atoms with van der Waals surface area (Å²) in [5.41, 5.74) is 5.42. The third-order valence-electron chi connectivity index (χ3n) is 4.04. The monoisotopic (exact) mass is 311 g/mol. The summed E-state index contributed by atoms with van der Waals surface area (Å²) in [6.07, 6.45) is 5.60. The van der Waals surface area contributed by atoms with E-state index in [1.807, 2.05) is 4.90 Å². The molecule has 0 saturated carbocycles. The van der Waals surface area contributed by atoms with Crippen LogP contribution in [0.5, 0.6) is 0 Å². The summed E-state index contributed by atoms with van der Waals surface area (Å²) in [6.45, 7) is 6.18. The van der Waals surface area contributed by atoms with Gasteiger partial charge in [0, 0.05) is 32.6 Å². The van der Waals surface area contributed by atoms with Crippen molar-refractivity contribution in [2.75, 3.05) is 39.3 Å². The van der Waals surface area contributed by atoms with Gasteiger partial charge in [0.25, 0.3) is 0 Å². The Balaban J connectivity index is 0.00000162. The average molecular weight is 312 g/mol. The fourth-order valence-corrected chi connectivity index (χ4v) is 2.98. The van der Waals surface area contributed by atoms with Crippen molar-refractivity contribution in [1.82, 2.24) is 9.80 Å². The average Bonchev–Trinajstić information content (AvgIpc) is 2.83. The van der Waals surface area contributed by atoms with Crippen LogP contribution in [0.2, 0.25) is 0 Å². The van der Waals surface area contributed by atoms with Crippen LogP contribution < -0.4 is 5.73 Å². The fourth-order valence-electron chi connectivity index (χ4n) is 2.98. The van der Waals surface area contributed by atoms with Crippen molar-refractivity contribution in [2.24, 2.45) is 11.7 Å². The molecule has 0 aromatic carbocycles. The van der Waals surface area contributed by atoms with Gasteiger partial charge in [-0.3, -0.25) is 4.79 Å². The second-order valence-corrected chi connectivity index (χ2v) is 5.37. The molecule has 6 heteroatoms. The summed E-state index contributed by atoms with van der Waals surface area (Å²) in [6, 6.07) is 0. The van der Waals surface area contributed by atoms with Crippen LogP contribution in [0, 0.1) is 5.92 Å². The van der Waals surface area contributed by atoms with Crippen LogP contribution >= 0.6 is 24.8 Å². The van der Waals surface area contributed by atoms with Gasteiger partial charge >= 0.3 is 0 Å². The zero-order chi connectivity index (χ0) is 12.1. The molecule has 2 rings (SSSR count). The summed E-state index contributed by atoms with van der Waals surface area (Å²) in [5, 5.41) is 0. The quantitative estimate of drug-likeness (QED) is 0.856. The fraction of sp³-hybridized carbons (Fsp3) is 0.923. The van der Waals surface area contributed by atoms with E-state index in [1.165, 1.54) is 45.3 Å². The number of likely N-dealkylation sites (tertiary alicyclic amines) is 2. The van der Waals surface area contributed by atoms with Crippen molar-refractivity contribution in [2.45, 2.75) is 32.1 Å². The zero-order valence-electron chi connectivity index (χ0n) is 11.6. The highest BCUT2D eigenvalue weighted by Gasteiger charge is 2.24. The molecule has 2 saturated heterocycles. The van der Waals surface area contributed by atoms with E-state index in [9.17, 15) is 4.79 Å². The lowest BCUT2D eigenvalue weighted by atomic mass is 9.96. The molecular weight excluding hydrogens is 285 g/mol. The lowest BCUT2D eigenvalue weighted by Gasteiger charge is -2.33. The van der Waals surface area contributed by atoms with Crippen LogP contribution in [-0.4, -0.2) is 55.0 Å². The summed E-state index contributed by atoms with van der Waals surface area (Å²) >= 11 is 0. The minimum Gasteiger partial charge on any atom is -0.343 e. The molecule has 0 spiro atoms. The number of nitrogens with zero attached hydrogens (tertiary/aromatic N) is 2. The highest BCUT2D eigenvalue weighted by molar-refractivity contribution is 5.85. The maximum atomic E-state index is 11.7. The Morgan fingerprint density at radius 3 is 2.16 bits per heavy atom. The number of halogens is 2. The summed E-state index contributed by atoms with van der Waals surface area (Å²) in [4.78, 5) is 16.3. The molecule has 0 aromatic rings. The zero-order valence-corrected chi connectivity index (χ0v) is 13.2. The molecule has 0 unspecified atom stereocenters. The molecule has 0 aromatic heterocycles. The van der Waals surface area contributed by atoms with Crippen LogP contribution in [0.15, 0.2) is 0 Å². The minimum absolute atomic E-state index is 0. The van der Waals surface area contributed by atoms with Crippen molar-refractivity contribution in [1.29, 1.82) is 0 Å². The molecule has 0 atom stereocenters. The highest BCUT2D eigenvalue weighted by Crippen LogP contribution is 2.20. The van der Waals surface area contributed by atoms with Crippen molar-refractivity contribution >= 4 is 30.7 Å². The first-order chi connectivity index (χ1) is 8.29. The van der Waals surface area contributed by atoms with Gasteiger partial charge in [-0.2, -0.15) is 0 Å². The first kappa shape index (κ1) is 19.0. The van der Waals surface area contributed by atoms with Crippen LogP contribution in [0.1, 0.15) is 32.1 Å². The van der Waals surface area contributed by atoms with Gasteiger partial charge in [0.15, 0.2) is 0 Å². The first-order valence-electron chi connectivity index (χ1n) is 7.00.